The minimum atomic E-state index is 0.0138. The highest BCUT2D eigenvalue weighted by Crippen LogP contribution is 2.21. The van der Waals surface area contributed by atoms with Gasteiger partial charge < -0.3 is 5.32 Å². The molecule has 0 aliphatic heterocycles. The van der Waals surface area contributed by atoms with Crippen molar-refractivity contribution in [3.8, 4) is 0 Å². The van der Waals surface area contributed by atoms with Gasteiger partial charge >= 0.3 is 0 Å². The van der Waals surface area contributed by atoms with Crippen LogP contribution in [0.5, 0.6) is 0 Å². The van der Waals surface area contributed by atoms with E-state index in [-0.39, 0.29) is 5.91 Å². The molecule has 20 heavy (non-hydrogen) atoms. The maximum absolute atomic E-state index is 11.8. The molecule has 4 heteroatoms. The smallest absolute Gasteiger partial charge is 0.220 e. The summed E-state index contributed by atoms with van der Waals surface area (Å²) in [5.41, 5.74) is 2.02. The number of benzene rings is 2. The number of rotatable bonds is 5. The van der Waals surface area contributed by atoms with Gasteiger partial charge in [-0.15, -0.1) is 0 Å². The molecule has 2 rings (SSSR count). The molecule has 1 N–H and O–H groups in total. The zero-order chi connectivity index (χ0) is 14.4. The molecular weight excluding hydrogens is 293 g/mol. The fourth-order valence-corrected chi connectivity index (χ4v) is 2.36. The summed E-state index contributed by atoms with van der Waals surface area (Å²) in [6, 6.07) is 15.2. The van der Waals surface area contributed by atoms with Crippen LogP contribution >= 0.6 is 23.2 Å². The molecule has 0 saturated carbocycles. The molecule has 2 aromatic rings. The van der Waals surface area contributed by atoms with E-state index in [4.69, 9.17) is 23.2 Å². The number of hydrogen-bond donors (Lipinski definition) is 1. The van der Waals surface area contributed by atoms with Gasteiger partial charge in [-0.25, -0.2) is 0 Å². The van der Waals surface area contributed by atoms with Gasteiger partial charge in [0.2, 0.25) is 5.91 Å². The molecule has 0 unspecified atom stereocenters. The molecule has 0 heterocycles. The molecule has 2 nitrogen and oxygen atoms in total. The average Bonchev–Trinajstić information content (AvgIpc) is 2.45. The van der Waals surface area contributed by atoms with Crippen LogP contribution in [-0.4, -0.2) is 5.91 Å². The lowest BCUT2D eigenvalue weighted by molar-refractivity contribution is -0.121. The molecule has 0 spiro atoms. The van der Waals surface area contributed by atoms with Gasteiger partial charge in [-0.05, 0) is 29.7 Å². The van der Waals surface area contributed by atoms with Crippen molar-refractivity contribution in [2.45, 2.75) is 19.4 Å². The Morgan fingerprint density at radius 3 is 2.50 bits per heavy atom. The van der Waals surface area contributed by atoms with Crippen molar-refractivity contribution in [2.75, 3.05) is 0 Å². The summed E-state index contributed by atoms with van der Waals surface area (Å²) in [5.74, 6) is 0.0138. The van der Waals surface area contributed by atoms with Crippen LogP contribution in [-0.2, 0) is 17.8 Å². The summed E-state index contributed by atoms with van der Waals surface area (Å²) in [6.07, 6.45) is 1.02. The minimum Gasteiger partial charge on any atom is -0.352 e. The van der Waals surface area contributed by atoms with E-state index < -0.39 is 0 Å². The summed E-state index contributed by atoms with van der Waals surface area (Å²) in [5, 5.41) is 4.10. The molecule has 0 fully saturated rings. The van der Waals surface area contributed by atoms with Crippen molar-refractivity contribution in [1.29, 1.82) is 0 Å². The van der Waals surface area contributed by atoms with E-state index in [0.717, 1.165) is 11.1 Å². The van der Waals surface area contributed by atoms with Gasteiger partial charge in [0, 0.05) is 23.0 Å². The topological polar surface area (TPSA) is 29.1 Å². The number of aryl methyl sites for hydroxylation is 1. The number of amides is 1. The zero-order valence-electron chi connectivity index (χ0n) is 10.9. The quantitative estimate of drug-likeness (QED) is 0.879. The van der Waals surface area contributed by atoms with Crippen LogP contribution in [0.3, 0.4) is 0 Å². The van der Waals surface area contributed by atoms with Crippen molar-refractivity contribution in [1.82, 2.24) is 5.32 Å². The highest BCUT2D eigenvalue weighted by Gasteiger charge is 2.05. The summed E-state index contributed by atoms with van der Waals surface area (Å²) in [6.45, 7) is 0.550. The highest BCUT2D eigenvalue weighted by atomic mass is 35.5. The normalized spacial score (nSPS) is 10.3. The lowest BCUT2D eigenvalue weighted by atomic mass is 10.1. The van der Waals surface area contributed by atoms with Crippen LogP contribution in [0.4, 0.5) is 0 Å². The predicted molar refractivity (Wildman–Crippen MR) is 83.1 cm³/mol. The zero-order valence-corrected chi connectivity index (χ0v) is 12.4. The molecule has 1 amide bonds. The van der Waals surface area contributed by atoms with Crippen LogP contribution in [0.2, 0.25) is 10.0 Å². The summed E-state index contributed by atoms with van der Waals surface area (Å²) >= 11 is 11.9. The molecule has 0 radical (unpaired) electrons. The van der Waals surface area contributed by atoms with Crippen molar-refractivity contribution in [2.24, 2.45) is 0 Å². The second kappa shape index (κ2) is 7.32. The predicted octanol–water partition coefficient (Wildman–Crippen LogP) is 4.24. The van der Waals surface area contributed by atoms with Gasteiger partial charge in [-0.3, -0.25) is 4.79 Å². The average molecular weight is 308 g/mol. The number of halogens is 2. The molecule has 0 aliphatic carbocycles. The van der Waals surface area contributed by atoms with Crippen LogP contribution in [0.1, 0.15) is 17.5 Å². The lowest BCUT2D eigenvalue weighted by Gasteiger charge is -2.07. The molecule has 104 valence electrons. The van der Waals surface area contributed by atoms with E-state index in [1.807, 2.05) is 36.4 Å². The van der Waals surface area contributed by atoms with E-state index in [0.29, 0.717) is 29.4 Å². The number of nitrogens with one attached hydrogen (secondary N) is 1. The molecule has 2 aromatic carbocycles. The van der Waals surface area contributed by atoms with Crippen molar-refractivity contribution in [3.05, 3.63) is 69.7 Å². The third-order valence-electron chi connectivity index (χ3n) is 2.97. The first-order valence-electron chi connectivity index (χ1n) is 6.40. The van der Waals surface area contributed by atoms with Gasteiger partial charge in [-0.2, -0.15) is 0 Å². The van der Waals surface area contributed by atoms with Gasteiger partial charge in [0.15, 0.2) is 0 Å². The van der Waals surface area contributed by atoms with E-state index in [1.165, 1.54) is 0 Å². The van der Waals surface area contributed by atoms with E-state index in [1.54, 1.807) is 12.1 Å². The maximum Gasteiger partial charge on any atom is 0.220 e. The van der Waals surface area contributed by atoms with Crippen LogP contribution in [0.25, 0.3) is 0 Å². The Hall–Kier alpha value is -1.51. The Kier molecular flexibility index (Phi) is 5.45. The van der Waals surface area contributed by atoms with E-state index >= 15 is 0 Å². The molecule has 0 aromatic heterocycles. The summed E-state index contributed by atoms with van der Waals surface area (Å²) in [4.78, 5) is 11.8. The largest absolute Gasteiger partial charge is 0.352 e. The second-order valence-electron chi connectivity index (χ2n) is 4.50. The first kappa shape index (κ1) is 14.9. The van der Waals surface area contributed by atoms with Crippen LogP contribution in [0.15, 0.2) is 48.5 Å². The molecular formula is C16H15Cl2NO. The molecule has 0 atom stereocenters. The van der Waals surface area contributed by atoms with Gasteiger partial charge in [0.25, 0.3) is 0 Å². The maximum atomic E-state index is 11.8. The number of carbonyl (C=O) groups excluding carboxylic acids is 1. The Morgan fingerprint density at radius 2 is 1.80 bits per heavy atom. The summed E-state index contributed by atoms with van der Waals surface area (Å²) in [7, 11) is 0. The van der Waals surface area contributed by atoms with Crippen LogP contribution < -0.4 is 5.32 Å². The standard InChI is InChI=1S/C16H15Cl2NO/c17-14-8-6-13(15(18)10-14)7-9-16(20)19-11-12-4-2-1-3-5-12/h1-6,8,10H,7,9,11H2,(H,19,20). The third-order valence-corrected chi connectivity index (χ3v) is 3.56. The van der Waals surface area contributed by atoms with E-state index in [2.05, 4.69) is 5.32 Å². The molecule has 0 bridgehead atoms. The van der Waals surface area contributed by atoms with Gasteiger partial charge in [0.1, 0.15) is 0 Å². The van der Waals surface area contributed by atoms with Crippen molar-refractivity contribution >= 4 is 29.1 Å². The Labute approximate surface area is 128 Å². The fraction of sp³-hybridized carbons (Fsp3) is 0.188. The highest BCUT2D eigenvalue weighted by molar-refractivity contribution is 6.35. The van der Waals surface area contributed by atoms with Crippen molar-refractivity contribution < 1.29 is 4.79 Å². The Bertz CT molecular complexity index is 584. The fourth-order valence-electron chi connectivity index (χ4n) is 1.86. The SMILES string of the molecule is O=C(CCc1ccc(Cl)cc1Cl)NCc1ccccc1. The Balaban J connectivity index is 1.80. The first-order chi connectivity index (χ1) is 9.65. The number of carbonyl (C=O) groups is 1. The number of hydrogen-bond acceptors (Lipinski definition) is 1. The molecule has 0 aliphatic rings. The molecule has 0 saturated heterocycles. The van der Waals surface area contributed by atoms with Gasteiger partial charge in [0.05, 0.1) is 0 Å². The minimum absolute atomic E-state index is 0.0138. The Morgan fingerprint density at radius 1 is 1.05 bits per heavy atom. The third kappa shape index (κ3) is 4.55. The first-order valence-corrected chi connectivity index (χ1v) is 7.15. The summed E-state index contributed by atoms with van der Waals surface area (Å²) < 4.78 is 0. The second-order valence-corrected chi connectivity index (χ2v) is 5.34. The lowest BCUT2D eigenvalue weighted by Crippen LogP contribution is -2.22. The van der Waals surface area contributed by atoms with Crippen LogP contribution in [0, 0.1) is 0 Å². The van der Waals surface area contributed by atoms with E-state index in [9.17, 15) is 4.79 Å². The van der Waals surface area contributed by atoms with Gasteiger partial charge in [-0.1, -0.05) is 59.6 Å². The van der Waals surface area contributed by atoms with Crippen molar-refractivity contribution in [3.63, 3.8) is 0 Å². The monoisotopic (exact) mass is 307 g/mol.